The molecule has 1 amide bonds. The van der Waals surface area contributed by atoms with Gasteiger partial charge in [-0.05, 0) is 48.0 Å². The Morgan fingerprint density at radius 2 is 1.91 bits per heavy atom. The number of carbonyl (C=O) groups excluding carboxylic acids is 1. The molecule has 4 aromatic rings. The molecular formula is C24H23N7O2. The Labute approximate surface area is 190 Å². The number of hydrogen-bond donors (Lipinski definition) is 2. The molecule has 0 unspecified atom stereocenters. The smallest absolute Gasteiger partial charge is 0.247 e. The molecule has 33 heavy (non-hydrogen) atoms. The Morgan fingerprint density at radius 1 is 1.09 bits per heavy atom. The van der Waals surface area contributed by atoms with Crippen molar-refractivity contribution in [3.8, 4) is 11.1 Å². The zero-order valence-electron chi connectivity index (χ0n) is 17.9. The summed E-state index contributed by atoms with van der Waals surface area (Å²) < 4.78 is 7.04. The maximum absolute atomic E-state index is 11.6. The van der Waals surface area contributed by atoms with Crippen LogP contribution in [0.4, 0.5) is 23.0 Å². The standard InChI is InChI=1S/C24H23N7O2/c1-2-22(32)27-19-5-3-4-17(14-19)21-15-26-31-16-25-24(29-23(21)31)28-18-6-8-20(9-7-18)30-10-12-33-13-11-30/h2-9,14-16H,1,10-13H2,(H,27,32)(H,28,29). The lowest BCUT2D eigenvalue weighted by atomic mass is 10.1. The molecule has 1 aliphatic rings. The lowest BCUT2D eigenvalue weighted by molar-refractivity contribution is -0.111. The first kappa shape index (κ1) is 20.7. The maximum Gasteiger partial charge on any atom is 0.247 e. The Kier molecular flexibility index (Phi) is 5.69. The molecule has 3 heterocycles. The molecule has 9 nitrogen and oxygen atoms in total. The lowest BCUT2D eigenvalue weighted by Crippen LogP contribution is -2.36. The van der Waals surface area contributed by atoms with Crippen molar-refractivity contribution >= 4 is 34.6 Å². The average Bonchev–Trinajstić information content (AvgIpc) is 3.28. The van der Waals surface area contributed by atoms with Crippen LogP contribution < -0.4 is 15.5 Å². The number of morpholine rings is 1. The number of rotatable bonds is 6. The van der Waals surface area contributed by atoms with E-state index in [0.29, 0.717) is 17.3 Å². The highest BCUT2D eigenvalue weighted by molar-refractivity contribution is 5.99. The van der Waals surface area contributed by atoms with E-state index in [0.717, 1.165) is 43.1 Å². The molecule has 2 aromatic heterocycles. The van der Waals surface area contributed by atoms with Crippen LogP contribution in [-0.4, -0.2) is 51.8 Å². The molecule has 0 aliphatic carbocycles. The van der Waals surface area contributed by atoms with Crippen molar-refractivity contribution in [1.29, 1.82) is 0 Å². The summed E-state index contributed by atoms with van der Waals surface area (Å²) in [7, 11) is 0. The summed E-state index contributed by atoms with van der Waals surface area (Å²) in [5, 5.41) is 10.4. The Morgan fingerprint density at radius 3 is 2.70 bits per heavy atom. The van der Waals surface area contributed by atoms with Gasteiger partial charge in [-0.15, -0.1) is 0 Å². The number of fused-ring (bicyclic) bond motifs is 1. The van der Waals surface area contributed by atoms with Gasteiger partial charge in [0, 0.05) is 35.7 Å². The van der Waals surface area contributed by atoms with Crippen molar-refractivity contribution in [2.45, 2.75) is 0 Å². The second-order valence-electron chi connectivity index (χ2n) is 7.55. The Bertz CT molecular complexity index is 1290. The van der Waals surface area contributed by atoms with Gasteiger partial charge < -0.3 is 20.3 Å². The quantitative estimate of drug-likeness (QED) is 0.442. The minimum atomic E-state index is -0.263. The second-order valence-corrected chi connectivity index (χ2v) is 7.55. The van der Waals surface area contributed by atoms with E-state index < -0.39 is 0 Å². The SMILES string of the molecule is C=CC(=O)Nc1cccc(-c2cnn3cnc(Nc4ccc(N5CCOCC5)cc4)nc23)c1. The zero-order valence-corrected chi connectivity index (χ0v) is 17.9. The molecule has 1 fully saturated rings. The summed E-state index contributed by atoms with van der Waals surface area (Å²) in [5.41, 5.74) is 5.10. The van der Waals surface area contributed by atoms with Gasteiger partial charge in [0.1, 0.15) is 6.33 Å². The highest BCUT2D eigenvalue weighted by atomic mass is 16.5. The predicted octanol–water partition coefficient (Wildman–Crippen LogP) is 3.50. The summed E-state index contributed by atoms with van der Waals surface area (Å²) in [4.78, 5) is 23.0. The number of nitrogens with one attached hydrogen (secondary N) is 2. The summed E-state index contributed by atoms with van der Waals surface area (Å²) in [5.74, 6) is 0.208. The molecule has 9 heteroatoms. The van der Waals surface area contributed by atoms with Gasteiger partial charge >= 0.3 is 0 Å². The highest BCUT2D eigenvalue weighted by Crippen LogP contribution is 2.27. The van der Waals surface area contributed by atoms with Crippen LogP contribution in [-0.2, 0) is 9.53 Å². The number of aromatic nitrogens is 4. The Balaban J connectivity index is 1.38. The van der Waals surface area contributed by atoms with Gasteiger partial charge in [-0.3, -0.25) is 4.79 Å². The van der Waals surface area contributed by atoms with Crippen molar-refractivity contribution in [3.05, 3.63) is 73.7 Å². The number of amides is 1. The van der Waals surface area contributed by atoms with Gasteiger partial charge in [-0.2, -0.15) is 10.1 Å². The van der Waals surface area contributed by atoms with Gasteiger partial charge in [0.05, 0.1) is 19.4 Å². The number of ether oxygens (including phenoxy) is 1. The molecule has 2 N–H and O–H groups in total. The molecule has 5 rings (SSSR count). The molecular weight excluding hydrogens is 418 g/mol. The second kappa shape index (κ2) is 9.09. The van der Waals surface area contributed by atoms with Crippen LogP contribution in [0.3, 0.4) is 0 Å². The molecule has 0 atom stereocenters. The number of hydrogen-bond acceptors (Lipinski definition) is 7. The van der Waals surface area contributed by atoms with E-state index in [1.807, 2.05) is 36.4 Å². The van der Waals surface area contributed by atoms with E-state index in [1.165, 1.54) is 11.8 Å². The fraction of sp³-hybridized carbons (Fsp3) is 0.167. The third-order valence-electron chi connectivity index (χ3n) is 5.40. The van der Waals surface area contributed by atoms with Crippen molar-refractivity contribution in [2.75, 3.05) is 41.8 Å². The van der Waals surface area contributed by atoms with E-state index in [4.69, 9.17) is 4.74 Å². The van der Waals surface area contributed by atoms with Gasteiger partial charge in [0.25, 0.3) is 0 Å². The molecule has 0 saturated carbocycles. The third-order valence-corrected chi connectivity index (χ3v) is 5.40. The fourth-order valence-electron chi connectivity index (χ4n) is 3.72. The molecule has 0 radical (unpaired) electrons. The number of benzene rings is 2. The summed E-state index contributed by atoms with van der Waals surface area (Å²) >= 11 is 0. The molecule has 166 valence electrons. The van der Waals surface area contributed by atoms with E-state index >= 15 is 0 Å². The minimum absolute atomic E-state index is 0.263. The van der Waals surface area contributed by atoms with Crippen LogP contribution in [0.2, 0.25) is 0 Å². The number of carbonyl (C=O) groups is 1. The molecule has 2 aromatic carbocycles. The van der Waals surface area contributed by atoms with Gasteiger partial charge in [-0.1, -0.05) is 18.7 Å². The molecule has 0 bridgehead atoms. The van der Waals surface area contributed by atoms with Crippen LogP contribution >= 0.6 is 0 Å². The van der Waals surface area contributed by atoms with Crippen LogP contribution in [0.5, 0.6) is 0 Å². The Hall–Kier alpha value is -4.24. The fourth-order valence-corrected chi connectivity index (χ4v) is 3.72. The van der Waals surface area contributed by atoms with Crippen molar-refractivity contribution in [1.82, 2.24) is 19.6 Å². The molecule has 1 saturated heterocycles. The van der Waals surface area contributed by atoms with E-state index in [9.17, 15) is 4.79 Å². The summed E-state index contributed by atoms with van der Waals surface area (Å²) in [6.07, 6.45) is 4.60. The largest absolute Gasteiger partial charge is 0.378 e. The van der Waals surface area contributed by atoms with Crippen molar-refractivity contribution < 1.29 is 9.53 Å². The monoisotopic (exact) mass is 441 g/mol. The van der Waals surface area contributed by atoms with Gasteiger partial charge in [0.15, 0.2) is 5.65 Å². The normalized spacial score (nSPS) is 13.6. The van der Waals surface area contributed by atoms with Gasteiger partial charge in [0.2, 0.25) is 11.9 Å². The summed E-state index contributed by atoms with van der Waals surface area (Å²) in [6, 6.07) is 15.7. The molecule has 0 spiro atoms. The van der Waals surface area contributed by atoms with Crippen molar-refractivity contribution in [3.63, 3.8) is 0 Å². The van der Waals surface area contributed by atoms with E-state index in [1.54, 1.807) is 17.0 Å². The number of anilines is 4. The lowest BCUT2D eigenvalue weighted by Gasteiger charge is -2.28. The first-order valence-corrected chi connectivity index (χ1v) is 10.6. The van der Waals surface area contributed by atoms with E-state index in [-0.39, 0.29) is 5.91 Å². The van der Waals surface area contributed by atoms with Crippen molar-refractivity contribution in [2.24, 2.45) is 0 Å². The minimum Gasteiger partial charge on any atom is -0.378 e. The van der Waals surface area contributed by atoms with E-state index in [2.05, 4.69) is 49.3 Å². The highest BCUT2D eigenvalue weighted by Gasteiger charge is 2.13. The topological polar surface area (TPSA) is 96.7 Å². The number of nitrogens with zero attached hydrogens (tertiary/aromatic N) is 5. The average molecular weight is 441 g/mol. The summed E-state index contributed by atoms with van der Waals surface area (Å²) in [6.45, 7) is 6.79. The zero-order chi connectivity index (χ0) is 22.6. The molecule has 1 aliphatic heterocycles. The maximum atomic E-state index is 11.6. The van der Waals surface area contributed by atoms with Gasteiger partial charge in [-0.25, -0.2) is 9.50 Å². The first-order chi connectivity index (χ1) is 16.2. The predicted molar refractivity (Wildman–Crippen MR) is 128 cm³/mol. The van der Waals surface area contributed by atoms with Crippen LogP contribution in [0.25, 0.3) is 16.8 Å². The third kappa shape index (κ3) is 4.53. The van der Waals surface area contributed by atoms with Crippen LogP contribution in [0, 0.1) is 0 Å². The van der Waals surface area contributed by atoms with Crippen LogP contribution in [0.15, 0.2) is 73.7 Å². The first-order valence-electron chi connectivity index (χ1n) is 10.6. The van der Waals surface area contributed by atoms with Crippen LogP contribution in [0.1, 0.15) is 0 Å².